The first-order valence-corrected chi connectivity index (χ1v) is 6.82. The van der Waals surface area contributed by atoms with Gasteiger partial charge in [0.25, 0.3) is 10.0 Å². The Morgan fingerprint density at radius 2 is 2.06 bits per heavy atom. The second-order valence-corrected chi connectivity index (χ2v) is 5.77. The molecule has 6 nitrogen and oxygen atoms in total. The molecule has 90 valence electrons. The molecule has 1 saturated heterocycles. The summed E-state index contributed by atoms with van der Waals surface area (Å²) >= 11 is 0. The van der Waals surface area contributed by atoms with E-state index in [4.69, 9.17) is 5.73 Å². The summed E-state index contributed by atoms with van der Waals surface area (Å²) in [6.07, 6.45) is 4.41. The van der Waals surface area contributed by atoms with E-state index in [9.17, 15) is 8.42 Å². The van der Waals surface area contributed by atoms with Crippen molar-refractivity contribution in [2.45, 2.75) is 30.8 Å². The molecule has 0 spiro atoms. The van der Waals surface area contributed by atoms with Crippen molar-refractivity contribution in [3.05, 3.63) is 11.8 Å². The summed E-state index contributed by atoms with van der Waals surface area (Å²) < 4.78 is 26.0. The van der Waals surface area contributed by atoms with Crippen LogP contribution in [0.25, 0.3) is 0 Å². The zero-order valence-corrected chi connectivity index (χ0v) is 9.83. The Labute approximate surface area is 94.9 Å². The molecule has 1 aromatic heterocycles. The maximum Gasteiger partial charge on any atom is 0.260 e. The standard InChI is InChI=1S/C9H16N4O2S/c10-6-8-7-11-12-9(8)16(14,15)13-4-2-1-3-5-13/h7H,1-6,10H2,(H,11,12). The molecular formula is C9H16N4O2S. The maximum absolute atomic E-state index is 12.2. The lowest BCUT2D eigenvalue weighted by atomic mass is 10.2. The summed E-state index contributed by atoms with van der Waals surface area (Å²) in [5.74, 6) is 0. The van der Waals surface area contributed by atoms with E-state index in [1.807, 2.05) is 0 Å². The maximum atomic E-state index is 12.2. The molecule has 2 heterocycles. The van der Waals surface area contributed by atoms with E-state index in [0.29, 0.717) is 18.7 Å². The first-order valence-electron chi connectivity index (χ1n) is 5.38. The van der Waals surface area contributed by atoms with E-state index in [0.717, 1.165) is 19.3 Å². The van der Waals surface area contributed by atoms with Gasteiger partial charge < -0.3 is 5.73 Å². The zero-order chi connectivity index (χ0) is 11.6. The van der Waals surface area contributed by atoms with Crippen molar-refractivity contribution < 1.29 is 8.42 Å². The van der Waals surface area contributed by atoms with E-state index in [-0.39, 0.29) is 11.6 Å². The van der Waals surface area contributed by atoms with Crippen LogP contribution in [0.15, 0.2) is 11.2 Å². The molecule has 0 bridgehead atoms. The van der Waals surface area contributed by atoms with E-state index in [1.54, 1.807) is 0 Å². The highest BCUT2D eigenvalue weighted by atomic mass is 32.2. The number of aromatic amines is 1. The first kappa shape index (κ1) is 11.6. The Balaban J connectivity index is 2.30. The average Bonchev–Trinajstić information content (AvgIpc) is 2.79. The lowest BCUT2D eigenvalue weighted by Crippen LogP contribution is -2.36. The number of piperidine rings is 1. The summed E-state index contributed by atoms with van der Waals surface area (Å²) in [5.41, 5.74) is 6.03. The van der Waals surface area contributed by atoms with Crippen LogP contribution in [-0.2, 0) is 16.6 Å². The van der Waals surface area contributed by atoms with Crippen molar-refractivity contribution >= 4 is 10.0 Å². The molecule has 0 amide bonds. The van der Waals surface area contributed by atoms with E-state index in [2.05, 4.69) is 10.2 Å². The molecule has 7 heteroatoms. The van der Waals surface area contributed by atoms with Gasteiger partial charge in [-0.2, -0.15) is 9.40 Å². The number of H-pyrrole nitrogens is 1. The van der Waals surface area contributed by atoms with Crippen LogP contribution in [0, 0.1) is 0 Å². The third-order valence-corrected chi connectivity index (χ3v) is 4.73. The van der Waals surface area contributed by atoms with Crippen molar-refractivity contribution in [2.24, 2.45) is 5.73 Å². The molecule has 1 aromatic rings. The van der Waals surface area contributed by atoms with Gasteiger partial charge in [0.05, 0.1) is 6.20 Å². The predicted octanol–water partition coefficient (Wildman–Crippen LogP) is 0.0430. The molecule has 1 fully saturated rings. The highest BCUT2D eigenvalue weighted by molar-refractivity contribution is 7.89. The van der Waals surface area contributed by atoms with Gasteiger partial charge in [-0.1, -0.05) is 6.42 Å². The van der Waals surface area contributed by atoms with E-state index in [1.165, 1.54) is 10.5 Å². The number of nitrogens with zero attached hydrogens (tertiary/aromatic N) is 2. The van der Waals surface area contributed by atoms with Crippen LogP contribution >= 0.6 is 0 Å². The van der Waals surface area contributed by atoms with Gasteiger partial charge in [-0.15, -0.1) is 0 Å². The SMILES string of the molecule is NCc1cn[nH]c1S(=O)(=O)N1CCCCC1. The Bertz CT molecular complexity index is 448. The first-order chi connectivity index (χ1) is 7.66. The molecule has 0 radical (unpaired) electrons. The Hall–Kier alpha value is -0.920. The highest BCUT2D eigenvalue weighted by Crippen LogP contribution is 2.21. The Kier molecular flexibility index (Phi) is 3.27. The van der Waals surface area contributed by atoms with E-state index < -0.39 is 10.0 Å². The second kappa shape index (κ2) is 4.52. The van der Waals surface area contributed by atoms with Crippen LogP contribution in [0.5, 0.6) is 0 Å². The van der Waals surface area contributed by atoms with Gasteiger partial charge in [0.1, 0.15) is 0 Å². The van der Waals surface area contributed by atoms with Crippen LogP contribution in [0.4, 0.5) is 0 Å². The fourth-order valence-corrected chi connectivity index (χ4v) is 3.53. The number of hydrogen-bond donors (Lipinski definition) is 2. The zero-order valence-electron chi connectivity index (χ0n) is 9.02. The van der Waals surface area contributed by atoms with Gasteiger partial charge in [-0.05, 0) is 12.8 Å². The van der Waals surface area contributed by atoms with Crippen molar-refractivity contribution in [2.75, 3.05) is 13.1 Å². The van der Waals surface area contributed by atoms with Crippen LogP contribution in [0.3, 0.4) is 0 Å². The van der Waals surface area contributed by atoms with Gasteiger partial charge in [0, 0.05) is 25.2 Å². The summed E-state index contributed by atoms with van der Waals surface area (Å²) in [7, 11) is -3.43. The molecule has 0 aromatic carbocycles. The molecule has 16 heavy (non-hydrogen) atoms. The molecule has 1 aliphatic rings. The summed E-state index contributed by atoms with van der Waals surface area (Å²) in [6, 6.07) is 0. The lowest BCUT2D eigenvalue weighted by Gasteiger charge is -2.25. The largest absolute Gasteiger partial charge is 0.326 e. The summed E-state index contributed by atoms with van der Waals surface area (Å²) in [4.78, 5) is 0. The molecule has 1 aliphatic heterocycles. The van der Waals surface area contributed by atoms with Crippen molar-refractivity contribution in [3.63, 3.8) is 0 Å². The smallest absolute Gasteiger partial charge is 0.260 e. The normalized spacial score (nSPS) is 18.8. The number of aromatic nitrogens is 2. The second-order valence-electron chi connectivity index (χ2n) is 3.89. The van der Waals surface area contributed by atoms with Gasteiger partial charge in [0.15, 0.2) is 5.03 Å². The van der Waals surface area contributed by atoms with Crippen molar-refractivity contribution in [1.82, 2.24) is 14.5 Å². The summed E-state index contributed by atoms with van der Waals surface area (Å²) in [5, 5.41) is 6.43. The average molecular weight is 244 g/mol. The molecule has 0 saturated carbocycles. The van der Waals surface area contributed by atoms with Crippen LogP contribution < -0.4 is 5.73 Å². The minimum Gasteiger partial charge on any atom is -0.326 e. The minimum absolute atomic E-state index is 0.150. The highest BCUT2D eigenvalue weighted by Gasteiger charge is 2.29. The Morgan fingerprint density at radius 1 is 1.38 bits per heavy atom. The van der Waals surface area contributed by atoms with Crippen LogP contribution in [0.2, 0.25) is 0 Å². The van der Waals surface area contributed by atoms with Gasteiger partial charge in [-0.3, -0.25) is 5.10 Å². The fourth-order valence-electron chi connectivity index (χ4n) is 1.90. The quantitative estimate of drug-likeness (QED) is 0.785. The fraction of sp³-hybridized carbons (Fsp3) is 0.667. The van der Waals surface area contributed by atoms with Crippen LogP contribution in [-0.4, -0.2) is 36.0 Å². The number of sulfonamides is 1. The number of nitrogens with one attached hydrogen (secondary N) is 1. The Morgan fingerprint density at radius 3 is 2.69 bits per heavy atom. The molecule has 0 atom stereocenters. The molecular weight excluding hydrogens is 228 g/mol. The number of hydrogen-bond acceptors (Lipinski definition) is 4. The monoisotopic (exact) mass is 244 g/mol. The molecule has 3 N–H and O–H groups in total. The third-order valence-electron chi connectivity index (χ3n) is 2.81. The van der Waals surface area contributed by atoms with Gasteiger partial charge in [0.2, 0.25) is 0 Å². The minimum atomic E-state index is -3.43. The molecule has 2 rings (SSSR count). The topological polar surface area (TPSA) is 92.1 Å². The van der Waals surface area contributed by atoms with Crippen molar-refractivity contribution in [3.8, 4) is 0 Å². The third kappa shape index (κ3) is 1.98. The van der Waals surface area contributed by atoms with Gasteiger partial charge >= 0.3 is 0 Å². The lowest BCUT2D eigenvalue weighted by molar-refractivity contribution is 0.345. The van der Waals surface area contributed by atoms with Crippen LogP contribution in [0.1, 0.15) is 24.8 Å². The van der Waals surface area contributed by atoms with Crippen molar-refractivity contribution in [1.29, 1.82) is 0 Å². The molecule has 0 aliphatic carbocycles. The summed E-state index contributed by atoms with van der Waals surface area (Å²) in [6.45, 7) is 1.36. The molecule has 0 unspecified atom stereocenters. The predicted molar refractivity (Wildman–Crippen MR) is 59.1 cm³/mol. The number of rotatable bonds is 3. The van der Waals surface area contributed by atoms with Gasteiger partial charge in [-0.25, -0.2) is 8.42 Å². The number of nitrogens with two attached hydrogens (primary N) is 1. The van der Waals surface area contributed by atoms with E-state index >= 15 is 0 Å².